The van der Waals surface area contributed by atoms with Gasteiger partial charge < -0.3 is 9.13 Å². The van der Waals surface area contributed by atoms with Gasteiger partial charge in [0.1, 0.15) is 5.82 Å². The van der Waals surface area contributed by atoms with E-state index >= 15 is 0 Å². The first-order valence-corrected chi connectivity index (χ1v) is 20.4. The van der Waals surface area contributed by atoms with Crippen LogP contribution in [-0.4, -0.2) is 33.6 Å². The molecule has 0 fully saturated rings. The van der Waals surface area contributed by atoms with Gasteiger partial charge in [-0.3, -0.25) is 4.57 Å². The van der Waals surface area contributed by atoms with E-state index in [1.54, 1.807) is 6.20 Å². The number of hydrogen-bond donors (Lipinski definition) is 0. The van der Waals surface area contributed by atoms with Crippen LogP contribution in [0.1, 0.15) is 0 Å². The third-order valence-electron chi connectivity index (χ3n) is 11.6. The minimum atomic E-state index is 0.503. The molecule has 61 heavy (non-hydrogen) atoms. The highest BCUT2D eigenvalue weighted by Gasteiger charge is 2.18. The van der Waals surface area contributed by atoms with E-state index in [0.29, 0.717) is 17.6 Å². The van der Waals surface area contributed by atoms with E-state index in [1.807, 2.05) is 71.4 Å². The lowest BCUT2D eigenvalue weighted by Crippen LogP contribution is -2.07. The first kappa shape index (κ1) is 34.6. The lowest BCUT2D eigenvalue weighted by atomic mass is 10.0. The minimum absolute atomic E-state index is 0.503. The van der Waals surface area contributed by atoms with E-state index in [9.17, 15) is 0 Å². The van der Waals surface area contributed by atoms with Crippen molar-refractivity contribution in [1.82, 2.24) is 33.6 Å². The molecule has 0 aliphatic heterocycles. The van der Waals surface area contributed by atoms with E-state index < -0.39 is 0 Å². The molecular formula is C54H35N7. The molecule has 0 atom stereocenters. The number of hydrogen-bond acceptors (Lipinski definition) is 4. The third kappa shape index (κ3) is 5.82. The fourth-order valence-electron chi connectivity index (χ4n) is 8.78. The summed E-state index contributed by atoms with van der Waals surface area (Å²) in [6.45, 7) is 0. The molecule has 0 saturated carbocycles. The summed E-state index contributed by atoms with van der Waals surface area (Å²) in [7, 11) is 0. The molecule has 7 nitrogen and oxygen atoms in total. The van der Waals surface area contributed by atoms with Crippen molar-refractivity contribution in [2.45, 2.75) is 0 Å². The summed E-state index contributed by atoms with van der Waals surface area (Å²) in [6, 6.07) is 70.3. The van der Waals surface area contributed by atoms with E-state index in [1.165, 1.54) is 43.7 Å². The summed E-state index contributed by atoms with van der Waals surface area (Å²) in [5, 5.41) is 4.90. The standard InChI is InChI=1S/C54H35N7/c1-4-14-36(15-5-1)51-56-52(37-16-6-2-7-17-37)58-54(57-51)59-33-32-55-53(59)38-24-28-42(29-25-38)61-48-23-13-11-21-44(48)46-35-40(27-31-50(46)61)39-26-30-49-45(34-39)43-20-10-12-22-47(43)60(49)41-18-8-3-9-19-41/h1-35H. The normalized spacial score (nSPS) is 11.6. The molecule has 7 heteroatoms. The van der Waals surface area contributed by atoms with Gasteiger partial charge in [0.2, 0.25) is 5.95 Å². The van der Waals surface area contributed by atoms with E-state index in [2.05, 4.69) is 149 Å². The van der Waals surface area contributed by atoms with Gasteiger partial charge in [-0.1, -0.05) is 127 Å². The van der Waals surface area contributed by atoms with Crippen LogP contribution in [0.3, 0.4) is 0 Å². The molecule has 0 saturated heterocycles. The molecule has 286 valence electrons. The molecule has 0 amide bonds. The molecular weight excluding hydrogens is 747 g/mol. The van der Waals surface area contributed by atoms with Crippen LogP contribution in [0.4, 0.5) is 0 Å². The lowest BCUT2D eigenvalue weighted by Gasteiger charge is -2.12. The van der Waals surface area contributed by atoms with Gasteiger partial charge in [-0.05, 0) is 83.9 Å². The van der Waals surface area contributed by atoms with Crippen molar-refractivity contribution in [3.8, 4) is 62.6 Å². The zero-order valence-electron chi connectivity index (χ0n) is 32.8. The summed E-state index contributed by atoms with van der Waals surface area (Å²) in [4.78, 5) is 19.6. The third-order valence-corrected chi connectivity index (χ3v) is 11.6. The maximum Gasteiger partial charge on any atom is 0.239 e. The highest BCUT2D eigenvalue weighted by Crippen LogP contribution is 2.38. The molecule has 0 N–H and O–H groups in total. The van der Waals surface area contributed by atoms with Gasteiger partial charge in [-0.2, -0.15) is 9.97 Å². The van der Waals surface area contributed by atoms with E-state index in [4.69, 9.17) is 19.9 Å². The van der Waals surface area contributed by atoms with Crippen LogP contribution in [0.5, 0.6) is 0 Å². The van der Waals surface area contributed by atoms with E-state index in [0.717, 1.165) is 44.9 Å². The minimum Gasteiger partial charge on any atom is -0.309 e. The molecule has 12 aromatic rings. The van der Waals surface area contributed by atoms with Crippen LogP contribution >= 0.6 is 0 Å². The predicted molar refractivity (Wildman–Crippen MR) is 247 cm³/mol. The zero-order valence-corrected chi connectivity index (χ0v) is 32.8. The Labute approximate surface area is 351 Å². The van der Waals surface area contributed by atoms with Crippen LogP contribution in [0.25, 0.3) is 106 Å². The molecule has 8 aromatic carbocycles. The molecule has 4 heterocycles. The smallest absolute Gasteiger partial charge is 0.239 e. The highest BCUT2D eigenvalue weighted by molar-refractivity contribution is 6.12. The maximum atomic E-state index is 4.95. The van der Waals surface area contributed by atoms with Gasteiger partial charge in [0.25, 0.3) is 0 Å². The molecule has 0 bridgehead atoms. The topological polar surface area (TPSA) is 66.3 Å². The van der Waals surface area contributed by atoms with Crippen LogP contribution in [0.2, 0.25) is 0 Å². The second kappa shape index (κ2) is 14.1. The molecule has 12 rings (SSSR count). The zero-order chi connectivity index (χ0) is 40.3. The largest absolute Gasteiger partial charge is 0.309 e. The maximum absolute atomic E-state index is 4.95. The summed E-state index contributed by atoms with van der Waals surface area (Å²) >= 11 is 0. The molecule has 0 radical (unpaired) electrons. The Morgan fingerprint density at radius 1 is 0.328 bits per heavy atom. The van der Waals surface area contributed by atoms with Crippen LogP contribution < -0.4 is 0 Å². The molecule has 0 aliphatic rings. The summed E-state index contributed by atoms with van der Waals surface area (Å²) in [6.07, 6.45) is 3.70. The van der Waals surface area contributed by atoms with Crippen molar-refractivity contribution in [3.63, 3.8) is 0 Å². The molecule has 0 unspecified atom stereocenters. The Hall–Kier alpha value is -8.42. The van der Waals surface area contributed by atoms with Crippen molar-refractivity contribution >= 4 is 43.6 Å². The highest BCUT2D eigenvalue weighted by atomic mass is 15.2. The Morgan fingerprint density at radius 3 is 1.31 bits per heavy atom. The average molecular weight is 782 g/mol. The van der Waals surface area contributed by atoms with Gasteiger partial charge in [-0.25, -0.2) is 9.97 Å². The molecule has 0 aliphatic carbocycles. The fraction of sp³-hybridized carbons (Fsp3) is 0. The van der Waals surface area contributed by atoms with Gasteiger partial charge in [0, 0.05) is 62.0 Å². The van der Waals surface area contributed by atoms with Crippen molar-refractivity contribution in [1.29, 1.82) is 0 Å². The monoisotopic (exact) mass is 781 g/mol. The number of nitrogens with zero attached hydrogens (tertiary/aromatic N) is 7. The van der Waals surface area contributed by atoms with Crippen molar-refractivity contribution in [3.05, 3.63) is 213 Å². The first-order chi connectivity index (χ1) is 30.2. The van der Waals surface area contributed by atoms with Gasteiger partial charge in [0.05, 0.1) is 22.1 Å². The van der Waals surface area contributed by atoms with E-state index in [-0.39, 0.29) is 0 Å². The number of rotatable bonds is 7. The Kier molecular flexibility index (Phi) is 8.03. The van der Waals surface area contributed by atoms with Crippen molar-refractivity contribution in [2.75, 3.05) is 0 Å². The van der Waals surface area contributed by atoms with Crippen molar-refractivity contribution < 1.29 is 0 Å². The second-order valence-corrected chi connectivity index (χ2v) is 15.2. The van der Waals surface area contributed by atoms with Gasteiger partial charge >= 0.3 is 0 Å². The van der Waals surface area contributed by atoms with Gasteiger partial charge in [0.15, 0.2) is 11.6 Å². The quantitative estimate of drug-likeness (QED) is 0.161. The Bertz CT molecular complexity index is 3510. The first-order valence-electron chi connectivity index (χ1n) is 20.4. The number of aromatic nitrogens is 7. The van der Waals surface area contributed by atoms with Crippen LogP contribution in [0, 0.1) is 0 Å². The van der Waals surface area contributed by atoms with Crippen LogP contribution in [-0.2, 0) is 0 Å². The number of imidazole rings is 1. The number of para-hydroxylation sites is 3. The second-order valence-electron chi connectivity index (χ2n) is 15.2. The van der Waals surface area contributed by atoms with Crippen LogP contribution in [0.15, 0.2) is 213 Å². The summed E-state index contributed by atoms with van der Waals surface area (Å²) in [5.41, 5.74) is 12.1. The summed E-state index contributed by atoms with van der Waals surface area (Å²) < 4.78 is 6.65. The lowest BCUT2D eigenvalue weighted by molar-refractivity contribution is 0.910. The fourth-order valence-corrected chi connectivity index (χ4v) is 8.78. The SMILES string of the molecule is c1ccc(-c2nc(-c3ccccc3)nc(-n3ccnc3-c3ccc(-n4c5ccccc5c5cc(-c6ccc7c(c6)c6ccccc6n7-c6ccccc6)ccc54)cc3)n2)cc1. The number of benzene rings is 8. The van der Waals surface area contributed by atoms with Gasteiger partial charge in [-0.15, -0.1) is 0 Å². The Balaban J connectivity index is 0.931. The van der Waals surface area contributed by atoms with Crippen molar-refractivity contribution in [2.24, 2.45) is 0 Å². The molecule has 0 spiro atoms. The average Bonchev–Trinajstić information content (AvgIpc) is 4.05. The number of fused-ring (bicyclic) bond motifs is 6. The Morgan fingerprint density at radius 2 is 0.770 bits per heavy atom. The summed E-state index contributed by atoms with van der Waals surface area (Å²) in [5.74, 6) is 2.45. The predicted octanol–water partition coefficient (Wildman–Crippen LogP) is 12.9. The molecule has 4 aromatic heterocycles.